The molecule has 0 spiro atoms. The maximum atomic E-state index is 13.2. The van der Waals surface area contributed by atoms with Crippen LogP contribution in [-0.4, -0.2) is 69.6 Å². The molecule has 9 nitrogen and oxygen atoms in total. The molecule has 1 amide bonds. The number of nitrogens with two attached hydrogens (primary N) is 1. The summed E-state index contributed by atoms with van der Waals surface area (Å²) >= 11 is 0. The lowest BCUT2D eigenvalue weighted by molar-refractivity contribution is -0.131. The number of nitrogens with one attached hydrogen (secondary N) is 2. The number of guanidine groups is 1. The average Bonchev–Trinajstić information content (AvgIpc) is 3.08. The van der Waals surface area contributed by atoms with E-state index in [0.717, 1.165) is 42.9 Å². The highest BCUT2D eigenvalue weighted by atomic mass is 32.2. The molecule has 0 aromatic heterocycles. The molecule has 0 aromatic rings. The Bertz CT molecular complexity index is 961. The van der Waals surface area contributed by atoms with E-state index in [1.54, 1.807) is 0 Å². The number of unbranched alkanes of at least 4 members (excludes halogenated alkanes) is 1. The second kappa shape index (κ2) is 10.1. The molecule has 1 aliphatic carbocycles. The molecule has 0 saturated carbocycles. The topological polar surface area (TPSA) is 126 Å². The van der Waals surface area contributed by atoms with Crippen molar-refractivity contribution in [3.8, 4) is 0 Å². The molecule has 3 aliphatic rings. The molecule has 2 aliphatic heterocycles. The van der Waals surface area contributed by atoms with Gasteiger partial charge in [-0.15, -0.1) is 0 Å². The summed E-state index contributed by atoms with van der Waals surface area (Å²) in [5.74, 6) is -0.00776. The number of carbonyl (C=O) groups is 1. The Morgan fingerprint density at radius 1 is 1.27 bits per heavy atom. The fourth-order valence-corrected chi connectivity index (χ4v) is 6.52. The molecule has 2 atom stereocenters. The zero-order chi connectivity index (χ0) is 24.4. The van der Waals surface area contributed by atoms with E-state index in [9.17, 15) is 13.2 Å². The molecule has 2 unspecified atom stereocenters. The number of allylic oxidation sites excluding steroid dienone is 1. The van der Waals surface area contributed by atoms with Gasteiger partial charge in [-0.25, -0.2) is 13.1 Å². The normalized spacial score (nSPS) is 26.0. The predicted octanol–water partition coefficient (Wildman–Crippen LogP) is 1.63. The number of ether oxygens (including phenoxy) is 1. The predicted molar refractivity (Wildman–Crippen MR) is 130 cm³/mol. The Hall–Kier alpha value is -1.91. The van der Waals surface area contributed by atoms with Gasteiger partial charge in [-0.1, -0.05) is 6.92 Å². The van der Waals surface area contributed by atoms with Gasteiger partial charge in [-0.2, -0.15) is 0 Å². The third-order valence-electron chi connectivity index (χ3n) is 6.78. The third-order valence-corrected chi connectivity index (χ3v) is 8.42. The molecule has 2 heterocycles. The first-order valence-electron chi connectivity index (χ1n) is 11.8. The van der Waals surface area contributed by atoms with Crippen LogP contribution in [0.1, 0.15) is 60.3 Å². The zero-order valence-corrected chi connectivity index (χ0v) is 21.3. The third kappa shape index (κ3) is 5.96. The Morgan fingerprint density at radius 2 is 1.94 bits per heavy atom. The highest BCUT2D eigenvalue weighted by molar-refractivity contribution is 7.94. The van der Waals surface area contributed by atoms with Crippen LogP contribution in [0.15, 0.2) is 26.6 Å². The Balaban J connectivity index is 1.57. The molecule has 10 heteroatoms. The van der Waals surface area contributed by atoms with Crippen LogP contribution in [0.5, 0.6) is 0 Å². The van der Waals surface area contributed by atoms with Crippen molar-refractivity contribution in [1.82, 2.24) is 14.9 Å². The van der Waals surface area contributed by atoms with E-state index in [4.69, 9.17) is 10.5 Å². The molecule has 2 saturated heterocycles. The number of hydrogen-bond acceptors (Lipinski definition) is 6. The van der Waals surface area contributed by atoms with Crippen LogP contribution in [0, 0.1) is 5.92 Å². The first kappa shape index (κ1) is 25.7. The van der Waals surface area contributed by atoms with Gasteiger partial charge in [0.1, 0.15) is 0 Å². The number of piperazine rings is 1. The van der Waals surface area contributed by atoms with Crippen LogP contribution in [0.4, 0.5) is 0 Å². The van der Waals surface area contributed by atoms with Gasteiger partial charge in [0.25, 0.3) is 10.0 Å². The van der Waals surface area contributed by atoms with Gasteiger partial charge in [0, 0.05) is 51.5 Å². The number of fused-ring (bicyclic) bond motifs is 1. The van der Waals surface area contributed by atoms with Crippen molar-refractivity contribution >= 4 is 21.9 Å². The molecule has 186 valence electrons. The summed E-state index contributed by atoms with van der Waals surface area (Å²) in [5, 5.41) is 3.23. The van der Waals surface area contributed by atoms with Crippen LogP contribution in [0.25, 0.3) is 0 Å². The van der Waals surface area contributed by atoms with E-state index in [1.807, 2.05) is 39.5 Å². The summed E-state index contributed by atoms with van der Waals surface area (Å²) in [6, 6.07) is 0. The van der Waals surface area contributed by atoms with E-state index < -0.39 is 10.0 Å². The van der Waals surface area contributed by atoms with Crippen LogP contribution in [0.3, 0.4) is 0 Å². The van der Waals surface area contributed by atoms with Gasteiger partial charge in [-0.05, 0) is 57.3 Å². The number of aliphatic imine (C=N–C) groups is 1. The van der Waals surface area contributed by atoms with E-state index >= 15 is 0 Å². The van der Waals surface area contributed by atoms with Gasteiger partial charge < -0.3 is 20.7 Å². The molecular formula is C23H39N5O4S. The molecule has 0 radical (unpaired) electrons. The quantitative estimate of drug-likeness (QED) is 0.288. The van der Waals surface area contributed by atoms with E-state index in [1.165, 1.54) is 0 Å². The van der Waals surface area contributed by atoms with Crippen LogP contribution in [-0.2, 0) is 19.6 Å². The van der Waals surface area contributed by atoms with Gasteiger partial charge in [0.15, 0.2) is 0 Å². The van der Waals surface area contributed by atoms with Crippen molar-refractivity contribution in [2.45, 2.75) is 72.0 Å². The smallest absolute Gasteiger partial charge is 0.264 e. The largest absolute Gasteiger partial charge is 0.369 e. The summed E-state index contributed by atoms with van der Waals surface area (Å²) in [4.78, 5) is 18.5. The lowest BCUT2D eigenvalue weighted by Crippen LogP contribution is -2.46. The fraction of sp³-hybridized carbons (Fsp3) is 0.739. The molecule has 0 bridgehead atoms. The summed E-state index contributed by atoms with van der Waals surface area (Å²) in [5.41, 5.74) is 8.16. The summed E-state index contributed by atoms with van der Waals surface area (Å²) in [7, 11) is -3.87. The number of amides is 1. The van der Waals surface area contributed by atoms with E-state index in [2.05, 4.69) is 15.0 Å². The second-order valence-corrected chi connectivity index (χ2v) is 11.5. The molecule has 33 heavy (non-hydrogen) atoms. The molecule has 3 rings (SSSR count). The number of rotatable bonds is 7. The summed E-state index contributed by atoms with van der Waals surface area (Å²) in [6.45, 7) is 13.3. The van der Waals surface area contributed by atoms with Crippen molar-refractivity contribution in [3.05, 3.63) is 21.6 Å². The van der Waals surface area contributed by atoms with Crippen LogP contribution >= 0.6 is 0 Å². The number of sulfonamides is 1. The molecule has 0 aromatic carbocycles. The molecular weight excluding hydrogens is 442 g/mol. The van der Waals surface area contributed by atoms with Gasteiger partial charge in [0.05, 0.1) is 16.6 Å². The highest BCUT2D eigenvalue weighted by Gasteiger charge is 2.45. The molecule has 4 N–H and O–H groups in total. The number of nitrogens with zero attached hydrogens (tertiary/aromatic N) is 2. The van der Waals surface area contributed by atoms with Gasteiger partial charge >= 0.3 is 0 Å². The Labute approximate surface area is 198 Å². The van der Waals surface area contributed by atoms with Crippen molar-refractivity contribution in [1.29, 1.82) is 0 Å². The van der Waals surface area contributed by atoms with Gasteiger partial charge in [-0.3, -0.25) is 9.79 Å². The standard InChI is InChI=1S/C23H39N5O4S/c1-15-16(2)21(17(3)18-14-23(4,5)32-20(15)18)33(30,31)27-22(24)26-9-7-6-8-19(29)28-12-10-25-11-13-28/h15,20,25H,6-14H2,1-5H3,(H3,24,26,27). The van der Waals surface area contributed by atoms with Crippen molar-refractivity contribution < 1.29 is 17.9 Å². The second-order valence-electron chi connectivity index (χ2n) is 9.89. The van der Waals surface area contributed by atoms with Crippen molar-refractivity contribution in [2.24, 2.45) is 16.6 Å². The van der Waals surface area contributed by atoms with Gasteiger partial charge in [0.2, 0.25) is 11.9 Å². The first-order valence-corrected chi connectivity index (χ1v) is 13.3. The van der Waals surface area contributed by atoms with E-state index in [-0.39, 0.29) is 29.5 Å². The lowest BCUT2D eigenvalue weighted by Gasteiger charge is -2.31. The van der Waals surface area contributed by atoms with E-state index in [0.29, 0.717) is 37.1 Å². The van der Waals surface area contributed by atoms with Crippen LogP contribution in [0.2, 0.25) is 0 Å². The minimum Gasteiger partial charge on any atom is -0.369 e. The number of hydrogen-bond donors (Lipinski definition) is 3. The summed E-state index contributed by atoms with van der Waals surface area (Å²) < 4.78 is 35.0. The minimum absolute atomic E-state index is 0.0385. The Morgan fingerprint density at radius 3 is 2.61 bits per heavy atom. The average molecular weight is 482 g/mol. The Kier molecular flexibility index (Phi) is 7.91. The lowest BCUT2D eigenvalue weighted by atomic mass is 9.82. The molecule has 2 fully saturated rings. The summed E-state index contributed by atoms with van der Waals surface area (Å²) in [6.07, 6.45) is 2.44. The highest BCUT2D eigenvalue weighted by Crippen LogP contribution is 2.47. The minimum atomic E-state index is -3.87. The maximum Gasteiger partial charge on any atom is 0.264 e. The van der Waals surface area contributed by atoms with Crippen molar-refractivity contribution in [3.63, 3.8) is 0 Å². The monoisotopic (exact) mass is 481 g/mol. The zero-order valence-electron chi connectivity index (χ0n) is 20.5. The fourth-order valence-electron chi connectivity index (χ4n) is 4.94. The SMILES string of the molecule is CC1=C2CC(C)(C)OC2C(C)C(C)=C1S(=O)(=O)NC(N)=NCCCCC(=O)N1CCNCC1. The van der Waals surface area contributed by atoms with Crippen LogP contribution < -0.4 is 15.8 Å². The number of carbonyl (C=O) groups excluding carboxylic acids is 1. The maximum absolute atomic E-state index is 13.2. The first-order chi connectivity index (χ1) is 15.4. The van der Waals surface area contributed by atoms with Crippen molar-refractivity contribution in [2.75, 3.05) is 32.7 Å².